The van der Waals surface area contributed by atoms with Crippen molar-refractivity contribution >= 4 is 0 Å². The minimum atomic E-state index is 0.163. The first-order valence-electron chi connectivity index (χ1n) is 7.19. The summed E-state index contributed by atoms with van der Waals surface area (Å²) in [5, 5.41) is 12.9. The summed E-state index contributed by atoms with van der Waals surface area (Å²) in [6.45, 7) is 15.5. The van der Waals surface area contributed by atoms with E-state index in [-0.39, 0.29) is 23.6 Å². The molecule has 3 heteroatoms. The van der Waals surface area contributed by atoms with E-state index in [4.69, 9.17) is 0 Å². The van der Waals surface area contributed by atoms with Crippen LogP contribution in [0, 0.1) is 5.41 Å². The highest BCUT2D eigenvalue weighted by Gasteiger charge is 2.28. The van der Waals surface area contributed by atoms with E-state index >= 15 is 0 Å². The van der Waals surface area contributed by atoms with E-state index in [0.29, 0.717) is 0 Å². The molecule has 0 aliphatic carbocycles. The Kier molecular flexibility index (Phi) is 7.41. The second-order valence-electron chi connectivity index (χ2n) is 7.11. The lowest BCUT2D eigenvalue weighted by molar-refractivity contribution is 0.100. The topological polar surface area (TPSA) is 35.5 Å². The van der Waals surface area contributed by atoms with E-state index in [1.54, 1.807) is 0 Å². The Hall–Kier alpha value is -0.120. The molecule has 0 aromatic heterocycles. The van der Waals surface area contributed by atoms with E-state index in [0.717, 1.165) is 13.1 Å². The molecule has 3 nitrogen and oxygen atoms in total. The number of hydrogen-bond donors (Lipinski definition) is 2. The van der Waals surface area contributed by atoms with Crippen molar-refractivity contribution in [1.82, 2.24) is 10.2 Å². The molecular weight excluding hydrogens is 224 g/mol. The maximum atomic E-state index is 9.23. The Balaban J connectivity index is 4.50. The van der Waals surface area contributed by atoms with Crippen LogP contribution in [-0.2, 0) is 0 Å². The Morgan fingerprint density at radius 2 is 1.78 bits per heavy atom. The molecule has 0 saturated carbocycles. The van der Waals surface area contributed by atoms with Gasteiger partial charge in [-0.1, -0.05) is 20.3 Å². The number of aliphatic hydroxyl groups excluding tert-OH is 1. The highest BCUT2D eigenvalue weighted by atomic mass is 16.3. The molecular formula is C15H34N2O. The lowest BCUT2D eigenvalue weighted by Gasteiger charge is -2.38. The highest BCUT2D eigenvalue weighted by molar-refractivity contribution is 4.84. The average molecular weight is 258 g/mol. The SMILES string of the molecule is CCCC(C)(CNC(C)(C)C)CN(C)C(C)CO. The third-order valence-corrected chi connectivity index (χ3v) is 3.55. The molecule has 0 heterocycles. The number of aliphatic hydroxyl groups is 1. The molecule has 0 radical (unpaired) electrons. The maximum Gasteiger partial charge on any atom is 0.0584 e. The van der Waals surface area contributed by atoms with Crippen molar-refractivity contribution in [3.05, 3.63) is 0 Å². The second kappa shape index (κ2) is 7.46. The minimum Gasteiger partial charge on any atom is -0.395 e. The van der Waals surface area contributed by atoms with Gasteiger partial charge in [-0.3, -0.25) is 0 Å². The zero-order chi connectivity index (χ0) is 14.4. The largest absolute Gasteiger partial charge is 0.395 e. The predicted octanol–water partition coefficient (Wildman–Crippen LogP) is 2.49. The molecule has 0 aliphatic heterocycles. The van der Waals surface area contributed by atoms with Gasteiger partial charge in [0, 0.05) is 24.7 Å². The van der Waals surface area contributed by atoms with Gasteiger partial charge in [-0.15, -0.1) is 0 Å². The van der Waals surface area contributed by atoms with Crippen LogP contribution >= 0.6 is 0 Å². The molecule has 0 amide bonds. The zero-order valence-electron chi connectivity index (χ0n) is 13.5. The monoisotopic (exact) mass is 258 g/mol. The lowest BCUT2D eigenvalue weighted by atomic mass is 9.84. The number of rotatable bonds is 8. The van der Waals surface area contributed by atoms with Crippen LogP contribution < -0.4 is 5.32 Å². The van der Waals surface area contributed by atoms with Crippen LogP contribution in [0.1, 0.15) is 54.4 Å². The van der Waals surface area contributed by atoms with Gasteiger partial charge in [0.15, 0.2) is 0 Å². The third-order valence-electron chi connectivity index (χ3n) is 3.55. The first kappa shape index (κ1) is 17.9. The molecule has 0 aromatic carbocycles. The van der Waals surface area contributed by atoms with E-state index in [9.17, 15) is 5.11 Å². The summed E-state index contributed by atoms with van der Waals surface area (Å²) in [5.41, 5.74) is 0.427. The molecule has 0 aliphatic rings. The van der Waals surface area contributed by atoms with Gasteiger partial charge >= 0.3 is 0 Å². The fraction of sp³-hybridized carbons (Fsp3) is 1.00. The number of likely N-dealkylation sites (N-methyl/N-ethyl adjacent to an activating group) is 1. The maximum absolute atomic E-state index is 9.23. The zero-order valence-corrected chi connectivity index (χ0v) is 13.5. The van der Waals surface area contributed by atoms with Crippen LogP contribution in [0.4, 0.5) is 0 Å². The smallest absolute Gasteiger partial charge is 0.0584 e. The number of nitrogens with one attached hydrogen (secondary N) is 1. The van der Waals surface area contributed by atoms with E-state index in [1.165, 1.54) is 12.8 Å². The summed E-state index contributed by atoms with van der Waals surface area (Å²) in [6, 6.07) is 0.232. The average Bonchev–Trinajstić information content (AvgIpc) is 2.25. The molecule has 0 saturated heterocycles. The predicted molar refractivity (Wildman–Crippen MR) is 79.9 cm³/mol. The van der Waals surface area contributed by atoms with Crippen molar-refractivity contribution in [2.45, 2.75) is 66.0 Å². The summed E-state index contributed by atoms with van der Waals surface area (Å²) in [4.78, 5) is 2.26. The first-order chi connectivity index (χ1) is 8.13. The van der Waals surface area contributed by atoms with Crippen molar-refractivity contribution in [1.29, 1.82) is 0 Å². The number of nitrogens with zero attached hydrogens (tertiary/aromatic N) is 1. The summed E-state index contributed by atoms with van der Waals surface area (Å²) in [7, 11) is 2.10. The Morgan fingerprint density at radius 3 is 2.17 bits per heavy atom. The van der Waals surface area contributed by atoms with Gasteiger partial charge in [0.1, 0.15) is 0 Å². The van der Waals surface area contributed by atoms with Crippen molar-refractivity contribution in [3.8, 4) is 0 Å². The molecule has 0 rings (SSSR count). The van der Waals surface area contributed by atoms with Crippen LogP contribution in [0.15, 0.2) is 0 Å². The summed E-state index contributed by atoms with van der Waals surface area (Å²) in [5.74, 6) is 0. The van der Waals surface area contributed by atoms with E-state index < -0.39 is 0 Å². The summed E-state index contributed by atoms with van der Waals surface area (Å²) >= 11 is 0. The van der Waals surface area contributed by atoms with Gasteiger partial charge in [-0.25, -0.2) is 0 Å². The molecule has 2 atom stereocenters. The van der Waals surface area contributed by atoms with Crippen LogP contribution in [0.5, 0.6) is 0 Å². The quantitative estimate of drug-likeness (QED) is 0.702. The molecule has 18 heavy (non-hydrogen) atoms. The fourth-order valence-corrected chi connectivity index (χ4v) is 2.20. The second-order valence-corrected chi connectivity index (χ2v) is 7.11. The minimum absolute atomic E-state index is 0.163. The van der Waals surface area contributed by atoms with E-state index in [2.05, 4.69) is 58.8 Å². The van der Waals surface area contributed by atoms with Crippen LogP contribution in [0.3, 0.4) is 0 Å². The molecule has 2 unspecified atom stereocenters. The first-order valence-corrected chi connectivity index (χ1v) is 7.19. The van der Waals surface area contributed by atoms with Gasteiger partial charge in [-0.2, -0.15) is 0 Å². The Morgan fingerprint density at radius 1 is 1.22 bits per heavy atom. The lowest BCUT2D eigenvalue weighted by Crippen LogP contribution is -2.48. The molecule has 110 valence electrons. The Labute approximate surface area is 114 Å². The normalized spacial score (nSPS) is 17.8. The third kappa shape index (κ3) is 7.34. The molecule has 2 N–H and O–H groups in total. The van der Waals surface area contributed by atoms with Crippen LogP contribution in [0.25, 0.3) is 0 Å². The fourth-order valence-electron chi connectivity index (χ4n) is 2.20. The molecule has 0 spiro atoms. The van der Waals surface area contributed by atoms with Crippen molar-refractivity contribution in [2.24, 2.45) is 5.41 Å². The molecule has 0 bridgehead atoms. The van der Waals surface area contributed by atoms with Gasteiger partial charge in [0.05, 0.1) is 6.61 Å². The summed E-state index contributed by atoms with van der Waals surface area (Å²) in [6.07, 6.45) is 2.40. The van der Waals surface area contributed by atoms with E-state index in [1.807, 2.05) is 0 Å². The summed E-state index contributed by atoms with van der Waals surface area (Å²) < 4.78 is 0. The van der Waals surface area contributed by atoms with Gasteiger partial charge in [0.2, 0.25) is 0 Å². The Bertz CT molecular complexity index is 225. The van der Waals surface area contributed by atoms with Crippen molar-refractivity contribution in [3.63, 3.8) is 0 Å². The van der Waals surface area contributed by atoms with Crippen molar-refractivity contribution < 1.29 is 5.11 Å². The van der Waals surface area contributed by atoms with Crippen LogP contribution in [0.2, 0.25) is 0 Å². The van der Waals surface area contributed by atoms with Crippen molar-refractivity contribution in [2.75, 3.05) is 26.7 Å². The van der Waals surface area contributed by atoms with Gasteiger partial charge in [-0.05, 0) is 46.6 Å². The highest BCUT2D eigenvalue weighted by Crippen LogP contribution is 2.25. The van der Waals surface area contributed by atoms with Gasteiger partial charge < -0.3 is 15.3 Å². The van der Waals surface area contributed by atoms with Gasteiger partial charge in [0.25, 0.3) is 0 Å². The molecule has 0 fully saturated rings. The number of hydrogen-bond acceptors (Lipinski definition) is 3. The standard InChI is InChI=1S/C15H34N2O/c1-8-9-15(6,11-16-14(3,4)5)12-17(7)13(2)10-18/h13,16,18H,8-12H2,1-7H3. The molecule has 0 aromatic rings. The van der Waals surface area contributed by atoms with Crippen LogP contribution in [-0.4, -0.2) is 48.3 Å².